The van der Waals surface area contributed by atoms with E-state index in [0.717, 1.165) is 11.6 Å². The van der Waals surface area contributed by atoms with Gasteiger partial charge in [0.2, 0.25) is 0 Å². The Morgan fingerprint density at radius 2 is 2.21 bits per heavy atom. The van der Waals surface area contributed by atoms with Crippen LogP contribution in [0.4, 0.5) is 0 Å². The molecule has 0 aliphatic carbocycles. The Morgan fingerprint density at radius 1 is 1.50 bits per heavy atom. The molecule has 0 radical (unpaired) electrons. The molecular formula is C8H10BrNO3S. The van der Waals surface area contributed by atoms with E-state index in [1.54, 1.807) is 6.07 Å². The summed E-state index contributed by atoms with van der Waals surface area (Å²) < 4.78 is 27.3. The Kier molecular flexibility index (Phi) is 3.88. The highest BCUT2D eigenvalue weighted by Crippen LogP contribution is 2.12. The quantitative estimate of drug-likeness (QED) is 0.779. The lowest BCUT2D eigenvalue weighted by molar-refractivity contribution is 0.343. The Morgan fingerprint density at radius 3 is 2.64 bits per heavy atom. The first-order valence-electron chi connectivity index (χ1n) is 3.89. The second-order valence-corrected chi connectivity index (χ2v) is 5.40. The first-order chi connectivity index (χ1) is 6.54. The summed E-state index contributed by atoms with van der Waals surface area (Å²) in [4.78, 5) is 3.77. The SMILES string of the molecule is CS(=O)(=O)c1ccc(OCCBr)cn1. The van der Waals surface area contributed by atoms with Crippen LogP contribution < -0.4 is 4.74 Å². The predicted molar refractivity (Wildman–Crippen MR) is 56.6 cm³/mol. The van der Waals surface area contributed by atoms with Crippen molar-refractivity contribution >= 4 is 25.8 Å². The van der Waals surface area contributed by atoms with Crippen LogP contribution in [-0.2, 0) is 9.84 Å². The molecular weight excluding hydrogens is 270 g/mol. The van der Waals surface area contributed by atoms with Crippen LogP contribution in [0.5, 0.6) is 5.75 Å². The molecule has 0 bridgehead atoms. The number of ether oxygens (including phenoxy) is 1. The van der Waals surface area contributed by atoms with Gasteiger partial charge in [0.1, 0.15) is 5.75 Å². The zero-order chi connectivity index (χ0) is 10.6. The van der Waals surface area contributed by atoms with Crippen molar-refractivity contribution in [1.82, 2.24) is 4.98 Å². The molecule has 4 nitrogen and oxygen atoms in total. The standard InChI is InChI=1S/C8H10BrNO3S/c1-14(11,12)8-3-2-7(6-10-8)13-5-4-9/h2-3,6H,4-5H2,1H3. The fourth-order valence-corrected chi connectivity index (χ4v) is 1.55. The molecule has 0 N–H and O–H groups in total. The van der Waals surface area contributed by atoms with Gasteiger partial charge in [0.25, 0.3) is 0 Å². The van der Waals surface area contributed by atoms with Crippen molar-refractivity contribution in [2.75, 3.05) is 18.2 Å². The van der Waals surface area contributed by atoms with Crippen LogP contribution in [0.3, 0.4) is 0 Å². The van der Waals surface area contributed by atoms with Gasteiger partial charge in [-0.15, -0.1) is 0 Å². The van der Waals surface area contributed by atoms with E-state index in [4.69, 9.17) is 4.74 Å². The van der Waals surface area contributed by atoms with Crippen molar-refractivity contribution in [1.29, 1.82) is 0 Å². The third-order valence-corrected chi connectivity index (χ3v) is 2.76. The summed E-state index contributed by atoms with van der Waals surface area (Å²) >= 11 is 3.21. The largest absolute Gasteiger partial charge is 0.491 e. The van der Waals surface area contributed by atoms with E-state index in [2.05, 4.69) is 20.9 Å². The van der Waals surface area contributed by atoms with Crippen LogP contribution in [0.25, 0.3) is 0 Å². The van der Waals surface area contributed by atoms with Gasteiger partial charge in [0, 0.05) is 11.6 Å². The molecule has 1 aromatic heterocycles. The summed E-state index contributed by atoms with van der Waals surface area (Å²) in [5, 5.41) is 0.782. The molecule has 6 heteroatoms. The van der Waals surface area contributed by atoms with Gasteiger partial charge in [-0.25, -0.2) is 13.4 Å². The van der Waals surface area contributed by atoms with Gasteiger partial charge in [-0.2, -0.15) is 0 Å². The van der Waals surface area contributed by atoms with E-state index in [1.807, 2.05) is 0 Å². The molecule has 0 aliphatic rings. The molecule has 0 spiro atoms. The smallest absolute Gasteiger partial charge is 0.192 e. The molecule has 0 fully saturated rings. The fourth-order valence-electron chi connectivity index (χ4n) is 0.828. The van der Waals surface area contributed by atoms with Gasteiger partial charge < -0.3 is 4.74 Å². The van der Waals surface area contributed by atoms with Crippen molar-refractivity contribution in [3.8, 4) is 5.75 Å². The molecule has 0 aliphatic heterocycles. The van der Waals surface area contributed by atoms with Crippen molar-refractivity contribution in [2.24, 2.45) is 0 Å². The molecule has 0 amide bonds. The van der Waals surface area contributed by atoms with Gasteiger partial charge in [-0.1, -0.05) is 15.9 Å². The summed E-state index contributed by atoms with van der Waals surface area (Å²) in [5.41, 5.74) is 0. The lowest BCUT2D eigenvalue weighted by Gasteiger charge is -2.03. The minimum Gasteiger partial charge on any atom is -0.491 e. The third-order valence-electron chi connectivity index (χ3n) is 1.43. The van der Waals surface area contributed by atoms with Crippen molar-refractivity contribution in [2.45, 2.75) is 5.03 Å². The van der Waals surface area contributed by atoms with E-state index in [-0.39, 0.29) is 5.03 Å². The lowest BCUT2D eigenvalue weighted by Crippen LogP contribution is -2.02. The maximum Gasteiger partial charge on any atom is 0.192 e. The van der Waals surface area contributed by atoms with E-state index in [0.29, 0.717) is 12.4 Å². The molecule has 0 unspecified atom stereocenters. The summed E-state index contributed by atoms with van der Waals surface area (Å²) in [7, 11) is -3.22. The molecule has 78 valence electrons. The highest BCUT2D eigenvalue weighted by Gasteiger charge is 2.07. The van der Waals surface area contributed by atoms with Gasteiger partial charge in [0.05, 0.1) is 12.8 Å². The number of rotatable bonds is 4. The highest BCUT2D eigenvalue weighted by atomic mass is 79.9. The average molecular weight is 280 g/mol. The predicted octanol–water partition coefficient (Wildman–Crippen LogP) is 1.26. The summed E-state index contributed by atoms with van der Waals surface area (Å²) in [6, 6.07) is 3.02. The number of halogens is 1. The molecule has 0 saturated carbocycles. The van der Waals surface area contributed by atoms with Gasteiger partial charge in [-0.05, 0) is 12.1 Å². The summed E-state index contributed by atoms with van der Waals surface area (Å²) in [6.07, 6.45) is 2.52. The minimum absolute atomic E-state index is 0.0590. The second kappa shape index (κ2) is 4.75. The fraction of sp³-hybridized carbons (Fsp3) is 0.375. The van der Waals surface area contributed by atoms with Crippen LogP contribution in [-0.4, -0.2) is 31.6 Å². The highest BCUT2D eigenvalue weighted by molar-refractivity contribution is 9.09. The number of hydrogen-bond acceptors (Lipinski definition) is 4. The van der Waals surface area contributed by atoms with E-state index < -0.39 is 9.84 Å². The van der Waals surface area contributed by atoms with Gasteiger partial charge in [0.15, 0.2) is 14.9 Å². The Balaban J connectivity index is 2.79. The number of aromatic nitrogens is 1. The zero-order valence-corrected chi connectivity index (χ0v) is 10.0. The number of hydrogen-bond donors (Lipinski definition) is 0. The average Bonchev–Trinajstić information content (AvgIpc) is 2.14. The maximum atomic E-state index is 11.0. The van der Waals surface area contributed by atoms with Crippen LogP contribution >= 0.6 is 15.9 Å². The summed E-state index contributed by atoms with van der Waals surface area (Å²) in [6.45, 7) is 0.528. The van der Waals surface area contributed by atoms with Crippen molar-refractivity contribution in [3.63, 3.8) is 0 Å². The van der Waals surface area contributed by atoms with Gasteiger partial charge in [-0.3, -0.25) is 0 Å². The normalized spacial score (nSPS) is 11.3. The van der Waals surface area contributed by atoms with Gasteiger partial charge >= 0.3 is 0 Å². The number of sulfone groups is 1. The Labute approximate surface area is 91.4 Å². The topological polar surface area (TPSA) is 56.3 Å². The van der Waals surface area contributed by atoms with Crippen LogP contribution in [0, 0.1) is 0 Å². The lowest BCUT2D eigenvalue weighted by atomic mass is 10.5. The number of alkyl halides is 1. The van der Waals surface area contributed by atoms with Crippen LogP contribution in [0.2, 0.25) is 0 Å². The molecule has 14 heavy (non-hydrogen) atoms. The Hall–Kier alpha value is -0.620. The monoisotopic (exact) mass is 279 g/mol. The number of nitrogens with zero attached hydrogens (tertiary/aromatic N) is 1. The minimum atomic E-state index is -3.22. The molecule has 1 heterocycles. The van der Waals surface area contributed by atoms with E-state index >= 15 is 0 Å². The first-order valence-corrected chi connectivity index (χ1v) is 6.90. The second-order valence-electron chi connectivity index (χ2n) is 2.64. The van der Waals surface area contributed by atoms with Crippen LogP contribution in [0.15, 0.2) is 23.4 Å². The number of pyridine rings is 1. The van der Waals surface area contributed by atoms with Crippen molar-refractivity contribution < 1.29 is 13.2 Å². The zero-order valence-electron chi connectivity index (χ0n) is 7.60. The molecule has 1 aromatic rings. The maximum absolute atomic E-state index is 11.0. The summed E-state index contributed by atoms with van der Waals surface area (Å²) in [5.74, 6) is 0.567. The molecule has 0 saturated heterocycles. The van der Waals surface area contributed by atoms with E-state index in [1.165, 1.54) is 12.3 Å². The van der Waals surface area contributed by atoms with Crippen LogP contribution in [0.1, 0.15) is 0 Å². The molecule has 1 rings (SSSR count). The van der Waals surface area contributed by atoms with Crippen molar-refractivity contribution in [3.05, 3.63) is 18.3 Å². The molecule has 0 atom stereocenters. The third kappa shape index (κ3) is 3.26. The first kappa shape index (κ1) is 11.5. The Bertz CT molecular complexity index is 388. The molecule has 0 aromatic carbocycles. The van der Waals surface area contributed by atoms with E-state index in [9.17, 15) is 8.42 Å².